The van der Waals surface area contributed by atoms with E-state index in [1.54, 1.807) is 0 Å². The van der Waals surface area contributed by atoms with E-state index in [0.29, 0.717) is 18.4 Å². The van der Waals surface area contributed by atoms with E-state index in [0.717, 1.165) is 17.5 Å². The number of ether oxygens (including phenoxy) is 1. The van der Waals surface area contributed by atoms with Gasteiger partial charge in [0.1, 0.15) is 5.82 Å². The van der Waals surface area contributed by atoms with Gasteiger partial charge in [-0.3, -0.25) is 0 Å². The Balaban J connectivity index is 2.65. The summed E-state index contributed by atoms with van der Waals surface area (Å²) < 4.78 is 5.75. The fourth-order valence-corrected chi connectivity index (χ4v) is 2.02. The van der Waals surface area contributed by atoms with Crippen LogP contribution >= 0.6 is 11.8 Å². The van der Waals surface area contributed by atoms with Crippen LogP contribution in [0.15, 0.2) is 11.2 Å². The predicted octanol–water partition coefficient (Wildman–Crippen LogP) is 3.45. The maximum Gasteiger partial charge on any atom is 0.219 e. The maximum absolute atomic E-state index is 5.75. The van der Waals surface area contributed by atoms with E-state index < -0.39 is 0 Å². The summed E-state index contributed by atoms with van der Waals surface area (Å²) in [7, 11) is 0. The smallest absolute Gasteiger partial charge is 0.219 e. The van der Waals surface area contributed by atoms with Crippen LogP contribution in [-0.2, 0) is 0 Å². The molecular weight excluding hydrogens is 246 g/mol. The number of aromatic nitrogens is 2. The lowest BCUT2D eigenvalue weighted by atomic mass is 10.1. The van der Waals surface area contributed by atoms with Crippen molar-refractivity contribution in [3.8, 4) is 5.88 Å². The highest BCUT2D eigenvalue weighted by Crippen LogP contribution is 2.19. The largest absolute Gasteiger partial charge is 0.477 e. The minimum atomic E-state index is 0.560. The second-order valence-electron chi connectivity index (χ2n) is 4.31. The number of nitrogens with zero attached hydrogens (tertiary/aromatic N) is 2. The Morgan fingerprint density at radius 1 is 1.39 bits per heavy atom. The van der Waals surface area contributed by atoms with Gasteiger partial charge in [0.2, 0.25) is 5.88 Å². The average molecular weight is 269 g/mol. The van der Waals surface area contributed by atoms with Crippen LogP contribution in [0.5, 0.6) is 5.88 Å². The minimum absolute atomic E-state index is 0.560. The highest BCUT2D eigenvalue weighted by atomic mass is 32.2. The van der Waals surface area contributed by atoms with E-state index in [-0.39, 0.29) is 0 Å². The molecular formula is C13H23N3OS. The second kappa shape index (κ2) is 8.19. The molecule has 1 rings (SSSR count). The fraction of sp³-hybridized carbons (Fsp3) is 0.692. The van der Waals surface area contributed by atoms with Crippen molar-refractivity contribution in [2.45, 2.75) is 38.8 Å². The fourth-order valence-electron chi connectivity index (χ4n) is 1.64. The molecule has 0 radical (unpaired) electrons. The SMILES string of the molecule is CCCC(C)COc1cc(NCC)nc(SC)n1. The third-order valence-electron chi connectivity index (χ3n) is 2.52. The van der Waals surface area contributed by atoms with Crippen LogP contribution in [0.3, 0.4) is 0 Å². The molecule has 1 unspecified atom stereocenters. The van der Waals surface area contributed by atoms with Crippen LogP contribution in [0.4, 0.5) is 5.82 Å². The molecule has 0 spiro atoms. The van der Waals surface area contributed by atoms with Crippen LogP contribution < -0.4 is 10.1 Å². The number of rotatable bonds is 8. The van der Waals surface area contributed by atoms with E-state index >= 15 is 0 Å². The normalized spacial score (nSPS) is 12.2. The van der Waals surface area contributed by atoms with Crippen molar-refractivity contribution >= 4 is 17.6 Å². The standard InChI is InChI=1S/C13H23N3OS/c1-5-7-10(3)9-17-12-8-11(14-6-2)15-13(16-12)18-4/h8,10H,5-7,9H2,1-4H3,(H,14,15,16). The molecule has 0 bridgehead atoms. The molecule has 0 saturated carbocycles. The highest BCUT2D eigenvalue weighted by molar-refractivity contribution is 7.98. The van der Waals surface area contributed by atoms with Crippen molar-refractivity contribution in [3.63, 3.8) is 0 Å². The zero-order chi connectivity index (χ0) is 13.4. The summed E-state index contributed by atoms with van der Waals surface area (Å²) in [6, 6.07) is 1.86. The molecule has 4 nitrogen and oxygen atoms in total. The molecule has 0 fully saturated rings. The molecule has 102 valence electrons. The summed E-state index contributed by atoms with van der Waals surface area (Å²) in [5, 5.41) is 3.93. The summed E-state index contributed by atoms with van der Waals surface area (Å²) >= 11 is 1.53. The van der Waals surface area contributed by atoms with Crippen LogP contribution in [-0.4, -0.2) is 29.4 Å². The van der Waals surface area contributed by atoms with Crippen LogP contribution in [0.25, 0.3) is 0 Å². The van der Waals surface area contributed by atoms with Gasteiger partial charge in [-0.1, -0.05) is 32.0 Å². The van der Waals surface area contributed by atoms with Gasteiger partial charge in [-0.05, 0) is 25.5 Å². The van der Waals surface area contributed by atoms with Crippen molar-refractivity contribution in [3.05, 3.63) is 6.07 Å². The molecule has 0 aliphatic rings. The van der Waals surface area contributed by atoms with Gasteiger partial charge in [-0.15, -0.1) is 0 Å². The lowest BCUT2D eigenvalue weighted by Gasteiger charge is -2.12. The number of hydrogen-bond acceptors (Lipinski definition) is 5. The quantitative estimate of drug-likeness (QED) is 0.578. The summed E-state index contributed by atoms with van der Waals surface area (Å²) in [6.45, 7) is 7.99. The number of thioether (sulfide) groups is 1. The third-order valence-corrected chi connectivity index (χ3v) is 3.07. The van der Waals surface area contributed by atoms with E-state index in [9.17, 15) is 0 Å². The van der Waals surface area contributed by atoms with Gasteiger partial charge in [0.05, 0.1) is 6.61 Å². The van der Waals surface area contributed by atoms with Crippen molar-refractivity contribution < 1.29 is 4.74 Å². The zero-order valence-electron chi connectivity index (χ0n) is 11.7. The molecule has 1 atom stereocenters. The lowest BCUT2D eigenvalue weighted by Crippen LogP contribution is -2.10. The molecule has 1 aromatic heterocycles. The molecule has 1 N–H and O–H groups in total. The van der Waals surface area contributed by atoms with Gasteiger partial charge in [-0.2, -0.15) is 4.98 Å². The van der Waals surface area contributed by atoms with Crippen LogP contribution in [0.1, 0.15) is 33.6 Å². The van der Waals surface area contributed by atoms with Crippen LogP contribution in [0, 0.1) is 5.92 Å². The zero-order valence-corrected chi connectivity index (χ0v) is 12.5. The number of nitrogens with one attached hydrogen (secondary N) is 1. The van der Waals surface area contributed by atoms with Gasteiger partial charge in [0.15, 0.2) is 5.16 Å². The molecule has 0 amide bonds. The first kappa shape index (κ1) is 15.1. The van der Waals surface area contributed by atoms with E-state index in [4.69, 9.17) is 4.74 Å². The Morgan fingerprint density at radius 2 is 2.17 bits per heavy atom. The van der Waals surface area contributed by atoms with Gasteiger partial charge < -0.3 is 10.1 Å². The highest BCUT2D eigenvalue weighted by Gasteiger charge is 2.07. The summed E-state index contributed by atoms with van der Waals surface area (Å²) in [5.41, 5.74) is 0. The average Bonchev–Trinajstić information content (AvgIpc) is 2.37. The maximum atomic E-state index is 5.75. The van der Waals surface area contributed by atoms with E-state index in [2.05, 4.69) is 29.1 Å². The molecule has 5 heteroatoms. The van der Waals surface area contributed by atoms with Crippen molar-refractivity contribution in [1.82, 2.24) is 9.97 Å². The Bertz CT molecular complexity index is 360. The second-order valence-corrected chi connectivity index (χ2v) is 5.09. The van der Waals surface area contributed by atoms with Crippen LogP contribution in [0.2, 0.25) is 0 Å². The van der Waals surface area contributed by atoms with Crippen molar-refractivity contribution in [2.24, 2.45) is 5.92 Å². The first-order valence-electron chi connectivity index (χ1n) is 6.49. The molecule has 0 aliphatic carbocycles. The third kappa shape index (κ3) is 5.12. The molecule has 18 heavy (non-hydrogen) atoms. The Labute approximate surface area is 114 Å². The van der Waals surface area contributed by atoms with Gasteiger partial charge in [0.25, 0.3) is 0 Å². The molecule has 1 heterocycles. The first-order valence-corrected chi connectivity index (χ1v) is 7.71. The Kier molecular flexibility index (Phi) is 6.86. The lowest BCUT2D eigenvalue weighted by molar-refractivity contribution is 0.241. The van der Waals surface area contributed by atoms with E-state index in [1.807, 2.05) is 19.2 Å². The molecule has 1 aromatic rings. The van der Waals surface area contributed by atoms with Crippen molar-refractivity contribution in [1.29, 1.82) is 0 Å². The van der Waals surface area contributed by atoms with Gasteiger partial charge in [0, 0.05) is 12.6 Å². The topological polar surface area (TPSA) is 47.0 Å². The molecule has 0 aromatic carbocycles. The molecule has 0 saturated heterocycles. The Hall–Kier alpha value is -0.970. The van der Waals surface area contributed by atoms with Gasteiger partial charge in [-0.25, -0.2) is 4.98 Å². The summed E-state index contributed by atoms with van der Waals surface area (Å²) in [6.07, 6.45) is 4.34. The summed E-state index contributed by atoms with van der Waals surface area (Å²) in [4.78, 5) is 8.72. The first-order chi connectivity index (χ1) is 8.69. The minimum Gasteiger partial charge on any atom is -0.477 e. The number of hydrogen-bond donors (Lipinski definition) is 1. The van der Waals surface area contributed by atoms with Gasteiger partial charge >= 0.3 is 0 Å². The Morgan fingerprint density at radius 3 is 2.78 bits per heavy atom. The van der Waals surface area contributed by atoms with E-state index in [1.165, 1.54) is 24.6 Å². The predicted molar refractivity (Wildman–Crippen MR) is 77.5 cm³/mol. The molecule has 0 aliphatic heterocycles. The summed E-state index contributed by atoms with van der Waals surface area (Å²) in [5.74, 6) is 2.05. The monoisotopic (exact) mass is 269 g/mol. The van der Waals surface area contributed by atoms with Crippen molar-refractivity contribution in [2.75, 3.05) is 24.7 Å². The number of anilines is 1.